The largest absolute Gasteiger partial charge is 0.263 e. The quantitative estimate of drug-likeness (QED) is 0.891. The fourth-order valence-corrected chi connectivity index (χ4v) is 2.52. The zero-order chi connectivity index (χ0) is 12.5. The standard InChI is InChI=1S/C15H19N3/c1-3-14-16-15(18-17-14)12-8-7-10(2)9-13(12)11-5-4-6-11/h7-9,11H,3-6H2,1-2H3,(H,16,17,18). The van der Waals surface area contributed by atoms with Gasteiger partial charge in [-0.1, -0.05) is 37.1 Å². The minimum atomic E-state index is 0.712. The fraction of sp³-hybridized carbons (Fsp3) is 0.467. The molecule has 1 aliphatic carbocycles. The van der Waals surface area contributed by atoms with Crippen molar-refractivity contribution in [3.05, 3.63) is 35.2 Å². The Bertz CT molecular complexity index is 553. The van der Waals surface area contributed by atoms with Crippen molar-refractivity contribution in [2.75, 3.05) is 0 Å². The number of aromatic amines is 1. The third-order valence-corrected chi connectivity index (χ3v) is 3.86. The van der Waals surface area contributed by atoms with Crippen molar-refractivity contribution in [2.24, 2.45) is 0 Å². The van der Waals surface area contributed by atoms with E-state index in [-0.39, 0.29) is 0 Å². The first kappa shape index (κ1) is 11.5. The van der Waals surface area contributed by atoms with E-state index in [1.54, 1.807) is 0 Å². The van der Waals surface area contributed by atoms with Crippen LogP contribution in [-0.4, -0.2) is 15.2 Å². The lowest BCUT2D eigenvalue weighted by molar-refractivity contribution is 0.420. The molecule has 0 spiro atoms. The molecule has 1 aliphatic rings. The summed E-state index contributed by atoms with van der Waals surface area (Å²) in [6.45, 7) is 4.24. The minimum absolute atomic E-state index is 0.712. The molecule has 1 heterocycles. The van der Waals surface area contributed by atoms with Gasteiger partial charge in [-0.05, 0) is 31.2 Å². The maximum Gasteiger partial charge on any atom is 0.181 e. The number of nitrogens with one attached hydrogen (secondary N) is 1. The molecule has 0 saturated heterocycles. The predicted octanol–water partition coefficient (Wildman–Crippen LogP) is 3.61. The van der Waals surface area contributed by atoms with Crippen molar-refractivity contribution in [1.29, 1.82) is 0 Å². The highest BCUT2D eigenvalue weighted by molar-refractivity contribution is 5.62. The Kier molecular flexibility index (Phi) is 2.90. The van der Waals surface area contributed by atoms with Gasteiger partial charge in [0.25, 0.3) is 0 Å². The molecule has 0 aliphatic heterocycles. The summed E-state index contributed by atoms with van der Waals surface area (Å²) in [5, 5.41) is 7.36. The van der Waals surface area contributed by atoms with Gasteiger partial charge in [0.05, 0.1) is 0 Å². The van der Waals surface area contributed by atoms with Crippen LogP contribution in [0.25, 0.3) is 11.4 Å². The van der Waals surface area contributed by atoms with E-state index < -0.39 is 0 Å². The summed E-state index contributed by atoms with van der Waals surface area (Å²) in [6, 6.07) is 6.63. The number of aryl methyl sites for hydroxylation is 2. The van der Waals surface area contributed by atoms with Crippen molar-refractivity contribution in [3.8, 4) is 11.4 Å². The molecule has 2 aromatic rings. The zero-order valence-corrected chi connectivity index (χ0v) is 11.0. The maximum absolute atomic E-state index is 4.56. The van der Waals surface area contributed by atoms with E-state index in [2.05, 4.69) is 47.2 Å². The van der Waals surface area contributed by atoms with Crippen LogP contribution in [0.3, 0.4) is 0 Å². The molecule has 3 heteroatoms. The molecule has 1 aromatic heterocycles. The Morgan fingerprint density at radius 3 is 2.78 bits per heavy atom. The van der Waals surface area contributed by atoms with Crippen molar-refractivity contribution in [1.82, 2.24) is 15.2 Å². The average Bonchev–Trinajstić information content (AvgIpc) is 2.75. The number of aromatic nitrogens is 3. The van der Waals surface area contributed by atoms with Gasteiger partial charge in [-0.3, -0.25) is 5.10 Å². The van der Waals surface area contributed by atoms with Crippen molar-refractivity contribution < 1.29 is 0 Å². The molecule has 1 saturated carbocycles. The predicted molar refractivity (Wildman–Crippen MR) is 72.5 cm³/mol. The van der Waals surface area contributed by atoms with Gasteiger partial charge in [-0.25, -0.2) is 4.98 Å². The molecule has 0 atom stereocenters. The van der Waals surface area contributed by atoms with Crippen molar-refractivity contribution >= 4 is 0 Å². The van der Waals surface area contributed by atoms with Crippen LogP contribution in [0.2, 0.25) is 0 Å². The van der Waals surface area contributed by atoms with E-state index in [0.717, 1.165) is 18.1 Å². The average molecular weight is 241 g/mol. The molecule has 3 rings (SSSR count). The molecular formula is C15H19N3. The van der Waals surface area contributed by atoms with Gasteiger partial charge in [0.2, 0.25) is 0 Å². The molecule has 18 heavy (non-hydrogen) atoms. The SMILES string of the molecule is CCc1nc(-c2ccc(C)cc2C2CCC2)n[nH]1. The van der Waals surface area contributed by atoms with E-state index in [4.69, 9.17) is 0 Å². The summed E-state index contributed by atoms with van der Waals surface area (Å²) in [6.07, 6.45) is 4.87. The van der Waals surface area contributed by atoms with Crippen LogP contribution >= 0.6 is 0 Å². The Balaban J connectivity index is 2.04. The van der Waals surface area contributed by atoms with Gasteiger partial charge in [0.15, 0.2) is 5.82 Å². The lowest BCUT2D eigenvalue weighted by Crippen LogP contribution is -2.10. The number of hydrogen-bond acceptors (Lipinski definition) is 2. The van der Waals surface area contributed by atoms with Crippen LogP contribution in [0.1, 0.15) is 49.1 Å². The summed E-state index contributed by atoms with van der Waals surface area (Å²) in [5.41, 5.74) is 3.97. The van der Waals surface area contributed by atoms with Gasteiger partial charge in [-0.2, -0.15) is 5.10 Å². The van der Waals surface area contributed by atoms with E-state index in [0.29, 0.717) is 5.92 Å². The third kappa shape index (κ3) is 1.94. The first-order valence-electron chi connectivity index (χ1n) is 6.80. The van der Waals surface area contributed by atoms with Crippen molar-refractivity contribution in [3.63, 3.8) is 0 Å². The molecule has 0 unspecified atom stereocenters. The summed E-state index contributed by atoms with van der Waals surface area (Å²) in [5.74, 6) is 2.53. The number of hydrogen-bond donors (Lipinski definition) is 1. The highest BCUT2D eigenvalue weighted by atomic mass is 15.2. The monoisotopic (exact) mass is 241 g/mol. The summed E-state index contributed by atoms with van der Waals surface area (Å²) in [7, 11) is 0. The number of rotatable bonds is 3. The van der Waals surface area contributed by atoms with Gasteiger partial charge < -0.3 is 0 Å². The molecule has 3 nitrogen and oxygen atoms in total. The Labute approximate surface area is 108 Å². The van der Waals surface area contributed by atoms with Crippen molar-refractivity contribution in [2.45, 2.75) is 45.4 Å². The molecule has 0 radical (unpaired) electrons. The molecule has 0 bridgehead atoms. The van der Waals surface area contributed by atoms with E-state index in [1.807, 2.05) is 0 Å². The maximum atomic E-state index is 4.56. The second-order valence-corrected chi connectivity index (χ2v) is 5.18. The van der Waals surface area contributed by atoms with Gasteiger partial charge in [-0.15, -0.1) is 0 Å². The highest BCUT2D eigenvalue weighted by Gasteiger charge is 2.23. The first-order chi connectivity index (χ1) is 8.78. The van der Waals surface area contributed by atoms with Gasteiger partial charge >= 0.3 is 0 Å². The second-order valence-electron chi connectivity index (χ2n) is 5.18. The van der Waals surface area contributed by atoms with Crippen LogP contribution < -0.4 is 0 Å². The normalized spacial score (nSPS) is 15.7. The van der Waals surface area contributed by atoms with Crippen LogP contribution in [-0.2, 0) is 6.42 Å². The van der Waals surface area contributed by atoms with Gasteiger partial charge in [0.1, 0.15) is 5.82 Å². The molecule has 94 valence electrons. The van der Waals surface area contributed by atoms with Gasteiger partial charge in [0, 0.05) is 12.0 Å². The van der Waals surface area contributed by atoms with E-state index >= 15 is 0 Å². The van der Waals surface area contributed by atoms with Crippen LogP contribution in [0.4, 0.5) is 0 Å². The van der Waals surface area contributed by atoms with Crippen LogP contribution in [0, 0.1) is 6.92 Å². The molecule has 0 amide bonds. The summed E-state index contributed by atoms with van der Waals surface area (Å²) >= 11 is 0. The number of benzene rings is 1. The second kappa shape index (κ2) is 4.56. The molecule has 1 fully saturated rings. The lowest BCUT2D eigenvalue weighted by atomic mass is 9.77. The molecular weight excluding hydrogens is 222 g/mol. The number of H-pyrrole nitrogens is 1. The minimum Gasteiger partial charge on any atom is -0.263 e. The topological polar surface area (TPSA) is 41.6 Å². The number of nitrogens with zero attached hydrogens (tertiary/aromatic N) is 2. The summed E-state index contributed by atoms with van der Waals surface area (Å²) < 4.78 is 0. The zero-order valence-electron chi connectivity index (χ0n) is 11.0. The lowest BCUT2D eigenvalue weighted by Gasteiger charge is -2.27. The Morgan fingerprint density at radius 2 is 2.17 bits per heavy atom. The summed E-state index contributed by atoms with van der Waals surface area (Å²) in [4.78, 5) is 4.56. The van der Waals surface area contributed by atoms with E-state index in [9.17, 15) is 0 Å². The van der Waals surface area contributed by atoms with E-state index in [1.165, 1.54) is 36.0 Å². The Morgan fingerprint density at radius 1 is 1.33 bits per heavy atom. The van der Waals surface area contributed by atoms with Crippen LogP contribution in [0.15, 0.2) is 18.2 Å². The molecule has 1 aromatic carbocycles. The third-order valence-electron chi connectivity index (χ3n) is 3.86. The fourth-order valence-electron chi connectivity index (χ4n) is 2.52. The molecule has 1 N–H and O–H groups in total. The van der Waals surface area contributed by atoms with Crippen LogP contribution in [0.5, 0.6) is 0 Å². The Hall–Kier alpha value is -1.64. The first-order valence-corrected chi connectivity index (χ1v) is 6.80. The highest BCUT2D eigenvalue weighted by Crippen LogP contribution is 2.40. The smallest absolute Gasteiger partial charge is 0.181 e.